The van der Waals surface area contributed by atoms with Crippen LogP contribution in [0.15, 0.2) is 71.8 Å². The Labute approximate surface area is 181 Å². The maximum atomic E-state index is 6.45. The van der Waals surface area contributed by atoms with E-state index in [4.69, 9.17) is 26.2 Å². The van der Waals surface area contributed by atoms with Crippen LogP contribution in [-0.2, 0) is 0 Å². The van der Waals surface area contributed by atoms with Gasteiger partial charge in [0.2, 0.25) is 6.23 Å². The molecule has 2 atom stereocenters. The van der Waals surface area contributed by atoms with E-state index in [0.717, 1.165) is 34.6 Å². The Kier molecular flexibility index (Phi) is 4.87. The van der Waals surface area contributed by atoms with E-state index in [-0.39, 0.29) is 12.3 Å². The number of fused-ring (bicyclic) bond motifs is 3. The molecule has 0 unspecified atom stereocenters. The fourth-order valence-electron chi connectivity index (χ4n) is 4.23. The molecule has 30 heavy (non-hydrogen) atoms. The fourth-order valence-corrected chi connectivity index (χ4v) is 4.47. The summed E-state index contributed by atoms with van der Waals surface area (Å²) < 4.78 is 12.0. The minimum Gasteiger partial charge on any atom is -0.492 e. The average molecular weight is 419 g/mol. The van der Waals surface area contributed by atoms with Crippen LogP contribution in [0.3, 0.4) is 0 Å². The fraction of sp³-hybridized carbons (Fsp3) is 0.240. The molecule has 2 aliphatic rings. The summed E-state index contributed by atoms with van der Waals surface area (Å²) in [7, 11) is 0. The Morgan fingerprint density at radius 3 is 2.60 bits per heavy atom. The SMILES string of the molecule is CCOc1ccc(C2=NN3[C@@H](c4ccccc4C)Oc4ccccc4[C@@H]3C2)cc1Cl. The average Bonchev–Trinajstić information content (AvgIpc) is 3.21. The molecule has 3 aromatic rings. The molecular weight excluding hydrogens is 396 g/mol. The van der Waals surface area contributed by atoms with E-state index in [1.54, 1.807) is 0 Å². The molecule has 0 aromatic heterocycles. The second-order valence-electron chi connectivity index (χ2n) is 7.59. The first-order chi connectivity index (χ1) is 14.7. The van der Waals surface area contributed by atoms with Gasteiger partial charge >= 0.3 is 0 Å². The lowest BCUT2D eigenvalue weighted by Gasteiger charge is -2.38. The molecule has 0 radical (unpaired) electrons. The molecule has 2 heterocycles. The highest BCUT2D eigenvalue weighted by molar-refractivity contribution is 6.32. The minimum absolute atomic E-state index is 0.125. The zero-order chi connectivity index (χ0) is 20.7. The predicted molar refractivity (Wildman–Crippen MR) is 119 cm³/mol. The van der Waals surface area contributed by atoms with E-state index in [1.807, 2.05) is 49.4 Å². The highest BCUT2D eigenvalue weighted by Gasteiger charge is 2.41. The van der Waals surface area contributed by atoms with Gasteiger partial charge in [-0.2, -0.15) is 5.10 Å². The van der Waals surface area contributed by atoms with E-state index >= 15 is 0 Å². The molecule has 4 nitrogen and oxygen atoms in total. The van der Waals surface area contributed by atoms with Crippen molar-refractivity contribution >= 4 is 17.3 Å². The number of hydrogen-bond acceptors (Lipinski definition) is 4. The van der Waals surface area contributed by atoms with Crippen molar-refractivity contribution < 1.29 is 9.47 Å². The molecule has 2 aliphatic heterocycles. The molecular formula is C25H23ClN2O2. The lowest BCUT2D eigenvalue weighted by atomic mass is 9.95. The van der Waals surface area contributed by atoms with Gasteiger partial charge in [-0.15, -0.1) is 0 Å². The summed E-state index contributed by atoms with van der Waals surface area (Å²) in [6.45, 7) is 4.65. The molecule has 0 amide bonds. The second-order valence-corrected chi connectivity index (χ2v) is 8.00. The summed E-state index contributed by atoms with van der Waals surface area (Å²) in [5.74, 6) is 1.62. The third-order valence-electron chi connectivity index (χ3n) is 5.72. The van der Waals surface area contributed by atoms with Crippen LogP contribution in [0.4, 0.5) is 0 Å². The molecule has 0 spiro atoms. The van der Waals surface area contributed by atoms with Crippen LogP contribution in [-0.4, -0.2) is 17.3 Å². The van der Waals surface area contributed by atoms with E-state index < -0.39 is 0 Å². The van der Waals surface area contributed by atoms with E-state index in [2.05, 4.69) is 36.2 Å². The van der Waals surface area contributed by atoms with Crippen molar-refractivity contribution in [2.45, 2.75) is 32.5 Å². The van der Waals surface area contributed by atoms with Gasteiger partial charge in [-0.25, -0.2) is 5.01 Å². The molecule has 0 saturated carbocycles. The van der Waals surface area contributed by atoms with Gasteiger partial charge in [0, 0.05) is 17.5 Å². The zero-order valence-electron chi connectivity index (χ0n) is 17.0. The van der Waals surface area contributed by atoms with Gasteiger partial charge in [0.15, 0.2) is 0 Å². The minimum atomic E-state index is -0.262. The number of rotatable bonds is 4. The normalized spacial score (nSPS) is 19.6. The molecule has 0 N–H and O–H groups in total. The standard InChI is InChI=1S/C25H23ClN2O2/c1-3-29-24-13-12-17(14-20(24)26)21-15-22-19-10-6-7-11-23(19)30-25(28(22)27-21)18-9-5-4-8-16(18)2/h4-14,22,25H,3,15H2,1-2H3/t22-,25+/m0/s1. The topological polar surface area (TPSA) is 34.1 Å². The van der Waals surface area contributed by atoms with Crippen LogP contribution in [0, 0.1) is 6.92 Å². The van der Waals surface area contributed by atoms with Crippen LogP contribution in [0.25, 0.3) is 0 Å². The van der Waals surface area contributed by atoms with Crippen molar-refractivity contribution in [2.24, 2.45) is 5.10 Å². The Hall–Kier alpha value is -2.98. The van der Waals surface area contributed by atoms with Crippen molar-refractivity contribution in [3.63, 3.8) is 0 Å². The molecule has 152 valence electrons. The lowest BCUT2D eigenvalue weighted by molar-refractivity contribution is -0.0194. The van der Waals surface area contributed by atoms with Gasteiger partial charge in [-0.1, -0.05) is 54.1 Å². The number of aryl methyl sites for hydroxylation is 1. The number of halogens is 1. The van der Waals surface area contributed by atoms with E-state index in [9.17, 15) is 0 Å². The third kappa shape index (κ3) is 3.21. The largest absolute Gasteiger partial charge is 0.492 e. The third-order valence-corrected chi connectivity index (χ3v) is 6.01. The molecule has 0 aliphatic carbocycles. The number of ether oxygens (including phenoxy) is 2. The first kappa shape index (κ1) is 19.0. The Balaban J connectivity index is 1.56. The molecule has 3 aromatic carbocycles. The first-order valence-electron chi connectivity index (χ1n) is 10.3. The van der Waals surface area contributed by atoms with E-state index in [1.165, 1.54) is 5.56 Å². The highest BCUT2D eigenvalue weighted by atomic mass is 35.5. The number of benzene rings is 3. The summed E-state index contributed by atoms with van der Waals surface area (Å²) in [5.41, 5.74) is 5.50. The van der Waals surface area contributed by atoms with Gasteiger partial charge in [0.1, 0.15) is 11.5 Å². The van der Waals surface area contributed by atoms with Gasteiger partial charge in [0.05, 0.1) is 23.4 Å². The second kappa shape index (κ2) is 7.69. The van der Waals surface area contributed by atoms with Crippen molar-refractivity contribution in [3.8, 4) is 11.5 Å². The number of hydrazone groups is 1. The smallest absolute Gasteiger partial charge is 0.214 e. The highest BCUT2D eigenvalue weighted by Crippen LogP contribution is 2.48. The maximum Gasteiger partial charge on any atom is 0.214 e. The molecule has 5 rings (SSSR count). The van der Waals surface area contributed by atoms with E-state index in [0.29, 0.717) is 17.4 Å². The molecule has 5 heteroatoms. The monoisotopic (exact) mass is 418 g/mol. The number of hydrogen-bond donors (Lipinski definition) is 0. The summed E-state index contributed by atoms with van der Waals surface area (Å²) >= 11 is 6.45. The van der Waals surface area contributed by atoms with Crippen LogP contribution >= 0.6 is 11.6 Å². The number of nitrogens with zero attached hydrogens (tertiary/aromatic N) is 2. The van der Waals surface area contributed by atoms with Crippen LogP contribution in [0.1, 0.15) is 47.9 Å². The predicted octanol–water partition coefficient (Wildman–Crippen LogP) is 6.29. The van der Waals surface area contributed by atoms with Crippen molar-refractivity contribution in [1.82, 2.24) is 5.01 Å². The summed E-state index contributed by atoms with van der Waals surface area (Å²) in [6, 6.07) is 22.6. The Morgan fingerprint density at radius 1 is 1.07 bits per heavy atom. The summed E-state index contributed by atoms with van der Waals surface area (Å²) in [5, 5.41) is 7.73. The Morgan fingerprint density at radius 2 is 1.83 bits per heavy atom. The van der Waals surface area contributed by atoms with Crippen LogP contribution in [0.2, 0.25) is 5.02 Å². The maximum absolute atomic E-state index is 6.45. The lowest BCUT2D eigenvalue weighted by Crippen LogP contribution is -2.34. The van der Waals surface area contributed by atoms with Crippen molar-refractivity contribution in [3.05, 3.63) is 94.0 Å². The zero-order valence-corrected chi connectivity index (χ0v) is 17.8. The first-order valence-corrected chi connectivity index (χ1v) is 10.6. The van der Waals surface area contributed by atoms with Gasteiger partial charge < -0.3 is 9.47 Å². The van der Waals surface area contributed by atoms with Gasteiger partial charge in [-0.05, 0) is 49.2 Å². The Bertz CT molecular complexity index is 1130. The van der Waals surface area contributed by atoms with Gasteiger partial charge in [-0.3, -0.25) is 0 Å². The van der Waals surface area contributed by atoms with Crippen LogP contribution < -0.4 is 9.47 Å². The number of para-hydroxylation sites is 1. The molecule has 0 saturated heterocycles. The van der Waals surface area contributed by atoms with Crippen LogP contribution in [0.5, 0.6) is 11.5 Å². The molecule has 0 bridgehead atoms. The summed E-state index contributed by atoms with van der Waals surface area (Å²) in [6.07, 6.45) is 0.536. The quantitative estimate of drug-likeness (QED) is 0.499. The van der Waals surface area contributed by atoms with Crippen molar-refractivity contribution in [2.75, 3.05) is 6.61 Å². The molecule has 0 fully saturated rings. The van der Waals surface area contributed by atoms with Gasteiger partial charge in [0.25, 0.3) is 0 Å². The summed E-state index contributed by atoms with van der Waals surface area (Å²) in [4.78, 5) is 0. The van der Waals surface area contributed by atoms with Crippen molar-refractivity contribution in [1.29, 1.82) is 0 Å².